The molecule has 62 heavy (non-hydrogen) atoms. The van der Waals surface area contributed by atoms with Crippen LogP contribution in [0.15, 0.2) is 158 Å². The van der Waals surface area contributed by atoms with E-state index in [0.717, 1.165) is 56.9 Å². The molecule has 0 unspecified atom stereocenters. The number of nitrogens with zero attached hydrogens (tertiary/aromatic N) is 4. The molecule has 0 radical (unpaired) electrons. The largest absolute Gasteiger partial charge is 0.310 e. The summed E-state index contributed by atoms with van der Waals surface area (Å²) in [6.07, 6.45) is 0. The van der Waals surface area contributed by atoms with Gasteiger partial charge in [0.1, 0.15) is 0 Å². The number of hydrogen-bond acceptors (Lipinski definition) is 4. The van der Waals surface area contributed by atoms with Crippen molar-refractivity contribution in [2.24, 2.45) is 0 Å². The van der Waals surface area contributed by atoms with E-state index in [1.807, 2.05) is 0 Å². The number of fused-ring (bicyclic) bond motifs is 4. The van der Waals surface area contributed by atoms with Crippen LogP contribution in [-0.2, 0) is 21.7 Å². The molecule has 9 rings (SSSR count). The highest BCUT2D eigenvalue weighted by atomic mass is 15.3. The summed E-state index contributed by atoms with van der Waals surface area (Å²) in [7, 11) is 0. The lowest BCUT2D eigenvalue weighted by Crippen LogP contribution is -2.31. The van der Waals surface area contributed by atoms with Crippen LogP contribution in [0.25, 0.3) is 0 Å². The Kier molecular flexibility index (Phi) is 9.74. The first-order valence-corrected chi connectivity index (χ1v) is 22.3. The Morgan fingerprint density at radius 3 is 0.968 bits per heavy atom. The van der Waals surface area contributed by atoms with Crippen molar-refractivity contribution in [3.8, 4) is 0 Å². The zero-order chi connectivity index (χ0) is 43.9. The van der Waals surface area contributed by atoms with E-state index in [0.29, 0.717) is 0 Å². The molecule has 7 aromatic rings. The minimum atomic E-state index is -0.0558. The van der Waals surface area contributed by atoms with Crippen molar-refractivity contribution in [3.63, 3.8) is 0 Å². The van der Waals surface area contributed by atoms with Gasteiger partial charge in [-0.1, -0.05) is 156 Å². The summed E-state index contributed by atoms with van der Waals surface area (Å²) in [5.74, 6) is 0. The minimum absolute atomic E-state index is 0.0270. The first-order valence-electron chi connectivity index (χ1n) is 22.3. The molecule has 0 amide bonds. The third-order valence-corrected chi connectivity index (χ3v) is 12.7. The van der Waals surface area contributed by atoms with E-state index in [4.69, 9.17) is 0 Å². The molecule has 0 saturated heterocycles. The third-order valence-electron chi connectivity index (χ3n) is 12.7. The van der Waals surface area contributed by atoms with E-state index in [9.17, 15) is 0 Å². The fourth-order valence-electron chi connectivity index (χ4n) is 9.01. The van der Waals surface area contributed by atoms with Gasteiger partial charge in [-0.2, -0.15) is 0 Å². The van der Waals surface area contributed by atoms with Crippen molar-refractivity contribution in [3.05, 3.63) is 180 Å². The van der Waals surface area contributed by atoms with Crippen LogP contribution in [0.3, 0.4) is 0 Å². The fourth-order valence-corrected chi connectivity index (χ4v) is 9.01. The molecule has 2 aliphatic rings. The molecule has 0 aromatic heterocycles. The fraction of sp³-hybridized carbons (Fsp3) is 0.276. The molecule has 2 heterocycles. The summed E-state index contributed by atoms with van der Waals surface area (Å²) in [6.45, 7) is 27.6. The zero-order valence-electron chi connectivity index (χ0n) is 38.8. The summed E-state index contributed by atoms with van der Waals surface area (Å²) >= 11 is 0. The van der Waals surface area contributed by atoms with E-state index >= 15 is 0 Å². The lowest BCUT2D eigenvalue weighted by Gasteiger charge is -2.48. The van der Waals surface area contributed by atoms with Crippen molar-refractivity contribution in [1.82, 2.24) is 0 Å². The summed E-state index contributed by atoms with van der Waals surface area (Å²) in [5.41, 5.74) is 18.8. The molecule has 4 nitrogen and oxygen atoms in total. The maximum atomic E-state index is 2.58. The van der Waals surface area contributed by atoms with Crippen LogP contribution in [0, 0.1) is 0 Å². The minimum Gasteiger partial charge on any atom is -0.310 e. The van der Waals surface area contributed by atoms with E-state index in [1.165, 1.54) is 33.6 Å². The molecule has 0 saturated carbocycles. The van der Waals surface area contributed by atoms with Gasteiger partial charge in [0.2, 0.25) is 0 Å². The molecular formula is C58H62N4. The average molecular weight is 815 g/mol. The number of para-hydroxylation sites is 2. The van der Waals surface area contributed by atoms with Crippen molar-refractivity contribution in [2.45, 2.75) is 105 Å². The van der Waals surface area contributed by atoms with E-state index in [1.54, 1.807) is 0 Å². The Morgan fingerprint density at radius 1 is 0.290 bits per heavy atom. The van der Waals surface area contributed by atoms with Gasteiger partial charge in [0.15, 0.2) is 0 Å². The predicted octanol–water partition coefficient (Wildman–Crippen LogP) is 17.4. The van der Waals surface area contributed by atoms with Gasteiger partial charge in [0.25, 0.3) is 0 Å². The average Bonchev–Trinajstić information content (AvgIpc) is 3.23. The Hall–Kier alpha value is -6.26. The van der Waals surface area contributed by atoms with Crippen molar-refractivity contribution < 1.29 is 0 Å². The van der Waals surface area contributed by atoms with Gasteiger partial charge < -0.3 is 19.6 Å². The number of benzene rings is 7. The zero-order valence-corrected chi connectivity index (χ0v) is 38.8. The standard InChI is InChI=1S/C58H62N4/c1-55(2,3)39-23-29-45(30-24-39)60-48-33-27-41(57(7,8)9)35-50(48)62-51-36-42(58(10,11)12)28-34-49(51)61(46-31-25-40(26-32-46)56(4,5)6)53-38-47(37-52(60)54(53)62)59(43-19-15-13-16-20-43)44-21-17-14-18-22-44/h13-38H,1-12H3. The second-order valence-electron chi connectivity index (χ2n) is 21.3. The molecule has 0 atom stereocenters. The summed E-state index contributed by atoms with van der Waals surface area (Å²) < 4.78 is 0. The van der Waals surface area contributed by atoms with Gasteiger partial charge in [-0.25, -0.2) is 0 Å². The van der Waals surface area contributed by atoms with Gasteiger partial charge >= 0.3 is 0 Å². The molecule has 2 aliphatic heterocycles. The molecule has 0 fully saturated rings. The SMILES string of the molecule is CC(C)(C)c1ccc(N2c3ccc(C(C)(C)C)cc3N3c4cc(C(C)(C)C)ccc4N(c4ccc(C(C)(C)C)cc4)c4cc(N(c5ccccc5)c5ccccc5)cc2c43)cc1. The number of anilines is 12. The highest BCUT2D eigenvalue weighted by molar-refractivity contribution is 6.14. The van der Waals surface area contributed by atoms with Gasteiger partial charge in [-0.05, 0) is 129 Å². The van der Waals surface area contributed by atoms with Crippen LogP contribution in [0.1, 0.15) is 105 Å². The lowest BCUT2D eigenvalue weighted by atomic mass is 9.84. The van der Waals surface area contributed by atoms with Gasteiger partial charge in [0, 0.05) is 22.7 Å². The Bertz CT molecular complexity index is 2570. The molecule has 0 aliphatic carbocycles. The van der Waals surface area contributed by atoms with Gasteiger partial charge in [-0.15, -0.1) is 0 Å². The topological polar surface area (TPSA) is 13.0 Å². The van der Waals surface area contributed by atoms with Crippen molar-refractivity contribution in [1.29, 1.82) is 0 Å². The second kappa shape index (κ2) is 14.7. The number of hydrogen-bond donors (Lipinski definition) is 0. The highest BCUT2D eigenvalue weighted by Crippen LogP contribution is 2.65. The van der Waals surface area contributed by atoms with Crippen LogP contribution >= 0.6 is 0 Å². The monoisotopic (exact) mass is 814 g/mol. The first kappa shape index (κ1) is 41.1. The Labute approximate surface area is 371 Å². The quantitative estimate of drug-likeness (QED) is 0.172. The second-order valence-corrected chi connectivity index (χ2v) is 21.3. The Morgan fingerprint density at radius 2 is 0.629 bits per heavy atom. The van der Waals surface area contributed by atoms with Crippen LogP contribution in [0.2, 0.25) is 0 Å². The lowest BCUT2D eigenvalue weighted by molar-refractivity contribution is 0.590. The summed E-state index contributed by atoms with van der Waals surface area (Å²) in [6, 6.07) is 59.3. The van der Waals surface area contributed by atoms with Crippen LogP contribution in [-0.4, -0.2) is 0 Å². The maximum absolute atomic E-state index is 2.58. The summed E-state index contributed by atoms with van der Waals surface area (Å²) in [4.78, 5) is 10.0. The maximum Gasteiger partial charge on any atom is 0.0949 e. The molecule has 7 aromatic carbocycles. The normalized spacial score (nSPS) is 13.7. The van der Waals surface area contributed by atoms with Crippen LogP contribution < -0.4 is 19.6 Å². The van der Waals surface area contributed by atoms with E-state index in [2.05, 4.69) is 260 Å². The molecule has 0 bridgehead atoms. The molecule has 314 valence electrons. The van der Waals surface area contributed by atoms with E-state index in [-0.39, 0.29) is 21.7 Å². The van der Waals surface area contributed by atoms with Gasteiger partial charge in [-0.3, -0.25) is 0 Å². The number of rotatable bonds is 5. The molecule has 0 N–H and O–H groups in total. The smallest absolute Gasteiger partial charge is 0.0949 e. The van der Waals surface area contributed by atoms with Crippen molar-refractivity contribution in [2.75, 3.05) is 19.6 Å². The van der Waals surface area contributed by atoms with Crippen LogP contribution in [0.4, 0.5) is 68.2 Å². The van der Waals surface area contributed by atoms with Crippen LogP contribution in [0.5, 0.6) is 0 Å². The summed E-state index contributed by atoms with van der Waals surface area (Å²) in [5, 5.41) is 0. The predicted molar refractivity (Wildman–Crippen MR) is 267 cm³/mol. The molecule has 0 spiro atoms. The third kappa shape index (κ3) is 7.23. The molecule has 4 heteroatoms. The first-order chi connectivity index (χ1) is 29.3. The Balaban J connectivity index is 1.43. The molecular weight excluding hydrogens is 753 g/mol. The highest BCUT2D eigenvalue weighted by Gasteiger charge is 2.41. The van der Waals surface area contributed by atoms with E-state index < -0.39 is 0 Å². The van der Waals surface area contributed by atoms with Gasteiger partial charge in [0.05, 0.1) is 45.5 Å². The van der Waals surface area contributed by atoms with Crippen molar-refractivity contribution >= 4 is 68.2 Å².